The first-order valence-electron chi connectivity index (χ1n) is 10.7. The molecule has 1 aliphatic rings. The largest absolute Gasteiger partial charge is 0.497 e. The first-order chi connectivity index (χ1) is 14.8. The van der Waals surface area contributed by atoms with Crippen molar-refractivity contribution in [2.75, 3.05) is 53.0 Å². The van der Waals surface area contributed by atoms with E-state index in [9.17, 15) is 0 Å². The molecule has 2 aromatic rings. The van der Waals surface area contributed by atoms with Gasteiger partial charge in [-0.2, -0.15) is 0 Å². The molecular weight excluding hydrogens is 378 g/mol. The van der Waals surface area contributed by atoms with Crippen molar-refractivity contribution < 1.29 is 9.47 Å². The average Bonchev–Trinajstić information content (AvgIpc) is 2.81. The van der Waals surface area contributed by atoms with Gasteiger partial charge < -0.3 is 20.1 Å². The van der Waals surface area contributed by atoms with Gasteiger partial charge in [-0.3, -0.25) is 14.9 Å². The molecule has 1 aliphatic heterocycles. The molecule has 7 nitrogen and oxygen atoms in total. The quantitative estimate of drug-likeness (QED) is 0.487. The molecule has 2 heterocycles. The second kappa shape index (κ2) is 12.1. The molecule has 2 N–H and O–H groups in total. The zero-order valence-electron chi connectivity index (χ0n) is 18.0. The minimum Gasteiger partial charge on any atom is -0.497 e. The Morgan fingerprint density at radius 1 is 1.20 bits per heavy atom. The Morgan fingerprint density at radius 2 is 2.00 bits per heavy atom. The van der Waals surface area contributed by atoms with Gasteiger partial charge in [-0.25, -0.2) is 0 Å². The number of guanidine groups is 1. The van der Waals surface area contributed by atoms with Crippen LogP contribution >= 0.6 is 0 Å². The number of hydrogen-bond acceptors (Lipinski definition) is 5. The molecule has 0 aliphatic carbocycles. The minimum atomic E-state index is 0.202. The number of benzene rings is 1. The van der Waals surface area contributed by atoms with Crippen LogP contribution in [0.2, 0.25) is 0 Å². The second-order valence-electron chi connectivity index (χ2n) is 7.19. The number of methoxy groups -OCH3 is 1. The summed E-state index contributed by atoms with van der Waals surface area (Å²) in [5.74, 6) is 1.71. The monoisotopic (exact) mass is 411 g/mol. The molecular formula is C23H33N5O2. The third kappa shape index (κ3) is 6.71. The van der Waals surface area contributed by atoms with E-state index >= 15 is 0 Å². The molecule has 1 saturated heterocycles. The Morgan fingerprint density at radius 3 is 2.67 bits per heavy atom. The van der Waals surface area contributed by atoms with E-state index in [0.29, 0.717) is 6.54 Å². The highest BCUT2D eigenvalue weighted by molar-refractivity contribution is 5.79. The van der Waals surface area contributed by atoms with Crippen molar-refractivity contribution >= 4 is 5.96 Å². The van der Waals surface area contributed by atoms with E-state index in [-0.39, 0.29) is 6.04 Å². The zero-order chi connectivity index (χ0) is 21.0. The third-order valence-corrected chi connectivity index (χ3v) is 5.18. The van der Waals surface area contributed by atoms with Crippen LogP contribution in [0.5, 0.6) is 5.75 Å². The molecule has 1 fully saturated rings. The lowest BCUT2D eigenvalue weighted by molar-refractivity contribution is 0.0179. The second-order valence-corrected chi connectivity index (χ2v) is 7.19. The van der Waals surface area contributed by atoms with Gasteiger partial charge in [-0.1, -0.05) is 18.2 Å². The number of morpholine rings is 1. The first kappa shape index (κ1) is 22.1. The van der Waals surface area contributed by atoms with Gasteiger partial charge in [0.2, 0.25) is 0 Å². The molecule has 162 valence electrons. The Kier molecular flexibility index (Phi) is 8.93. The topological polar surface area (TPSA) is 71.0 Å². The van der Waals surface area contributed by atoms with Crippen LogP contribution in [0.4, 0.5) is 0 Å². The number of aliphatic imine (C=N–C) groups is 1. The van der Waals surface area contributed by atoms with Crippen LogP contribution in [-0.4, -0.2) is 68.9 Å². The molecule has 0 amide bonds. The Hall–Kier alpha value is -2.64. The van der Waals surface area contributed by atoms with Gasteiger partial charge in [0, 0.05) is 38.6 Å². The van der Waals surface area contributed by atoms with Crippen LogP contribution in [0.25, 0.3) is 0 Å². The molecule has 1 aromatic heterocycles. The van der Waals surface area contributed by atoms with Crippen LogP contribution < -0.4 is 15.4 Å². The van der Waals surface area contributed by atoms with E-state index in [1.807, 2.05) is 24.4 Å². The Bertz CT molecular complexity index is 761. The lowest BCUT2D eigenvalue weighted by Crippen LogP contribution is -2.42. The number of hydrogen-bond donors (Lipinski definition) is 2. The lowest BCUT2D eigenvalue weighted by atomic mass is 10.0. The third-order valence-electron chi connectivity index (χ3n) is 5.18. The van der Waals surface area contributed by atoms with Crippen LogP contribution in [0.3, 0.4) is 0 Å². The van der Waals surface area contributed by atoms with Crippen molar-refractivity contribution in [1.29, 1.82) is 0 Å². The molecule has 0 saturated carbocycles. The number of ether oxygens (including phenoxy) is 2. The van der Waals surface area contributed by atoms with Crippen LogP contribution in [-0.2, 0) is 11.2 Å². The maximum Gasteiger partial charge on any atom is 0.191 e. The smallest absolute Gasteiger partial charge is 0.191 e. The van der Waals surface area contributed by atoms with Gasteiger partial charge >= 0.3 is 0 Å². The standard InChI is InChI=1S/C23H33N5O2/c1-3-25-23(26-12-10-19-5-4-11-24-17-19)27-18-22(28-13-15-30-16-14-28)20-6-8-21(29-2)9-7-20/h4-9,11,17,22H,3,10,12-16,18H2,1-2H3,(H2,25,26,27). The van der Waals surface area contributed by atoms with Crippen molar-refractivity contribution in [3.63, 3.8) is 0 Å². The van der Waals surface area contributed by atoms with Crippen molar-refractivity contribution in [1.82, 2.24) is 20.5 Å². The maximum atomic E-state index is 5.55. The molecule has 1 unspecified atom stereocenters. The maximum absolute atomic E-state index is 5.55. The number of nitrogens with one attached hydrogen (secondary N) is 2. The Labute approximate surface area is 179 Å². The van der Waals surface area contributed by atoms with E-state index in [2.05, 4.69) is 45.6 Å². The summed E-state index contributed by atoms with van der Waals surface area (Å²) in [6.07, 6.45) is 4.61. The summed E-state index contributed by atoms with van der Waals surface area (Å²) >= 11 is 0. The zero-order valence-corrected chi connectivity index (χ0v) is 18.0. The van der Waals surface area contributed by atoms with E-state index in [4.69, 9.17) is 14.5 Å². The van der Waals surface area contributed by atoms with Crippen molar-refractivity contribution in [2.45, 2.75) is 19.4 Å². The fourth-order valence-electron chi connectivity index (χ4n) is 3.54. The summed E-state index contributed by atoms with van der Waals surface area (Å²) in [7, 11) is 1.69. The van der Waals surface area contributed by atoms with Gasteiger partial charge in [0.15, 0.2) is 5.96 Å². The van der Waals surface area contributed by atoms with Gasteiger partial charge in [0.25, 0.3) is 0 Å². The highest BCUT2D eigenvalue weighted by Gasteiger charge is 2.22. The first-order valence-corrected chi connectivity index (χ1v) is 10.7. The lowest BCUT2D eigenvalue weighted by Gasteiger charge is -2.34. The van der Waals surface area contributed by atoms with Gasteiger partial charge in [-0.05, 0) is 42.7 Å². The van der Waals surface area contributed by atoms with E-state index in [0.717, 1.165) is 57.5 Å². The van der Waals surface area contributed by atoms with Crippen molar-refractivity contribution in [3.05, 3.63) is 59.9 Å². The van der Waals surface area contributed by atoms with Gasteiger partial charge in [0.05, 0.1) is 32.9 Å². The molecule has 3 rings (SSSR count). The summed E-state index contributed by atoms with van der Waals surface area (Å²) in [6.45, 7) is 7.75. The van der Waals surface area contributed by atoms with E-state index in [1.54, 1.807) is 13.3 Å². The van der Waals surface area contributed by atoms with Crippen LogP contribution in [0.15, 0.2) is 53.8 Å². The minimum absolute atomic E-state index is 0.202. The SMILES string of the molecule is CCNC(=NCC(c1ccc(OC)cc1)N1CCOCC1)NCCc1cccnc1. The van der Waals surface area contributed by atoms with Crippen molar-refractivity contribution in [3.8, 4) is 5.75 Å². The molecule has 7 heteroatoms. The normalized spacial score (nSPS) is 16.1. The molecule has 0 bridgehead atoms. The Balaban J connectivity index is 1.66. The summed E-state index contributed by atoms with van der Waals surface area (Å²) in [4.78, 5) is 11.5. The highest BCUT2D eigenvalue weighted by atomic mass is 16.5. The molecule has 1 atom stereocenters. The predicted octanol–water partition coefficient (Wildman–Crippen LogP) is 2.26. The summed E-state index contributed by atoms with van der Waals surface area (Å²) in [5.41, 5.74) is 2.46. The predicted molar refractivity (Wildman–Crippen MR) is 120 cm³/mol. The van der Waals surface area contributed by atoms with Gasteiger partial charge in [0.1, 0.15) is 5.75 Å². The molecule has 0 radical (unpaired) electrons. The van der Waals surface area contributed by atoms with Crippen molar-refractivity contribution in [2.24, 2.45) is 4.99 Å². The van der Waals surface area contributed by atoms with Crippen LogP contribution in [0.1, 0.15) is 24.1 Å². The van der Waals surface area contributed by atoms with E-state index < -0.39 is 0 Å². The molecule has 1 aromatic carbocycles. The fourth-order valence-corrected chi connectivity index (χ4v) is 3.54. The molecule has 30 heavy (non-hydrogen) atoms. The van der Waals surface area contributed by atoms with E-state index in [1.165, 1.54) is 11.1 Å². The summed E-state index contributed by atoms with van der Waals surface area (Å²) in [6, 6.07) is 12.6. The summed E-state index contributed by atoms with van der Waals surface area (Å²) in [5, 5.41) is 6.80. The van der Waals surface area contributed by atoms with Gasteiger partial charge in [-0.15, -0.1) is 0 Å². The van der Waals surface area contributed by atoms with Crippen LogP contribution in [0, 0.1) is 0 Å². The number of nitrogens with zero attached hydrogens (tertiary/aromatic N) is 3. The molecule has 0 spiro atoms. The highest BCUT2D eigenvalue weighted by Crippen LogP contribution is 2.24. The number of pyridine rings is 1. The average molecular weight is 412 g/mol. The summed E-state index contributed by atoms with van der Waals surface area (Å²) < 4.78 is 10.9. The number of aromatic nitrogens is 1. The number of rotatable bonds is 9. The fraction of sp³-hybridized carbons (Fsp3) is 0.478.